The van der Waals surface area contributed by atoms with Gasteiger partial charge in [0.05, 0.1) is 6.54 Å². The molecule has 0 heterocycles. The number of carbonyl (C=O) groups excluding carboxylic acids is 1. The fourth-order valence-electron chi connectivity index (χ4n) is 2.79. The Kier molecular flexibility index (Phi) is 7.21. The van der Waals surface area contributed by atoms with Crippen molar-refractivity contribution >= 4 is 5.78 Å². The van der Waals surface area contributed by atoms with Crippen LogP contribution in [0.3, 0.4) is 0 Å². The predicted molar refractivity (Wildman–Crippen MR) is 112 cm³/mol. The third kappa shape index (κ3) is 5.69. The quantitative estimate of drug-likeness (QED) is 0.656. The van der Waals surface area contributed by atoms with E-state index in [4.69, 9.17) is 9.47 Å². The van der Waals surface area contributed by atoms with E-state index in [-0.39, 0.29) is 12.3 Å². The Hall–Kier alpha value is -3.11. The second kappa shape index (κ2) is 10.3. The normalized spacial score (nSPS) is 13.0. The Labute approximate surface area is 166 Å². The summed E-state index contributed by atoms with van der Waals surface area (Å²) in [5.41, 5.74) is 2.74. The van der Waals surface area contributed by atoms with Crippen molar-refractivity contribution in [1.82, 2.24) is 5.32 Å². The first-order chi connectivity index (χ1) is 13.8. The van der Waals surface area contributed by atoms with Gasteiger partial charge in [-0.25, -0.2) is 0 Å². The third-order valence-electron chi connectivity index (χ3n) is 4.28. The molecule has 0 aliphatic heterocycles. The summed E-state index contributed by atoms with van der Waals surface area (Å²) in [7, 11) is 1.75. The largest absolute Gasteiger partial charge is 0.485 e. The molecule has 144 valence electrons. The Balaban J connectivity index is 1.77. The van der Waals surface area contributed by atoms with Crippen molar-refractivity contribution in [3.05, 3.63) is 95.6 Å². The van der Waals surface area contributed by atoms with Gasteiger partial charge in [-0.2, -0.15) is 0 Å². The fourth-order valence-corrected chi connectivity index (χ4v) is 2.79. The Bertz CT molecular complexity index is 882. The molecule has 3 rings (SSSR count). The van der Waals surface area contributed by atoms with Crippen molar-refractivity contribution in [3.63, 3.8) is 0 Å². The average molecular weight is 375 g/mol. The molecule has 1 N–H and O–H groups in total. The van der Waals surface area contributed by atoms with Gasteiger partial charge in [-0.05, 0) is 42.8 Å². The van der Waals surface area contributed by atoms with Crippen molar-refractivity contribution in [2.45, 2.75) is 13.0 Å². The second-order valence-corrected chi connectivity index (χ2v) is 6.49. The number of hydrogen-bond donors (Lipinski definition) is 1. The topological polar surface area (TPSA) is 47.6 Å². The standard InChI is InChI=1S/C24H25NO3/c1-25-16-22(26)21-13-14-23(27-17-19-11-7-4-8-12-19)24(15-21)28-18-20-9-5-2-3-6-10-20/h2,4-15,25H,3,16-18H2,1H3. The molecule has 0 spiro atoms. The number of Topliss-reactive ketones (excluding diaryl/α,β-unsaturated/α-hetero) is 1. The number of rotatable bonds is 9. The number of benzene rings is 2. The van der Waals surface area contributed by atoms with Gasteiger partial charge in [-0.3, -0.25) is 4.79 Å². The maximum Gasteiger partial charge on any atom is 0.176 e. The number of ether oxygens (including phenoxy) is 2. The van der Waals surface area contributed by atoms with E-state index in [0.717, 1.165) is 17.6 Å². The van der Waals surface area contributed by atoms with E-state index in [0.29, 0.717) is 30.3 Å². The van der Waals surface area contributed by atoms with Crippen LogP contribution < -0.4 is 14.8 Å². The summed E-state index contributed by atoms with van der Waals surface area (Å²) in [6.07, 6.45) is 11.2. The van der Waals surface area contributed by atoms with Crippen LogP contribution in [0.4, 0.5) is 0 Å². The molecule has 1 aliphatic carbocycles. The van der Waals surface area contributed by atoms with Crippen LogP contribution in [-0.2, 0) is 6.61 Å². The Morgan fingerprint density at radius 2 is 1.82 bits per heavy atom. The molecule has 2 aromatic carbocycles. The van der Waals surface area contributed by atoms with E-state index >= 15 is 0 Å². The molecule has 0 amide bonds. The minimum atomic E-state index is 0.0125. The first kappa shape index (κ1) is 19.6. The molecule has 28 heavy (non-hydrogen) atoms. The molecule has 2 aromatic rings. The highest BCUT2D eigenvalue weighted by Crippen LogP contribution is 2.30. The van der Waals surface area contributed by atoms with Crippen molar-refractivity contribution in [1.29, 1.82) is 0 Å². The SMILES string of the molecule is CNCC(=O)c1ccc(OCc2ccccc2)c(OCC2=CC=CCC=C2)c1. The summed E-state index contributed by atoms with van der Waals surface area (Å²) in [4.78, 5) is 12.2. The average Bonchev–Trinajstić information content (AvgIpc) is 3.01. The molecule has 0 aromatic heterocycles. The van der Waals surface area contributed by atoms with Crippen LogP contribution in [0.15, 0.2) is 84.5 Å². The molecule has 1 aliphatic rings. The molecule has 0 bridgehead atoms. The molecule has 0 saturated carbocycles. The number of carbonyl (C=O) groups is 1. The lowest BCUT2D eigenvalue weighted by atomic mass is 10.1. The number of likely N-dealkylation sites (N-methyl/N-ethyl adjacent to an activating group) is 1. The third-order valence-corrected chi connectivity index (χ3v) is 4.28. The zero-order valence-corrected chi connectivity index (χ0v) is 16.1. The lowest BCUT2D eigenvalue weighted by Gasteiger charge is -2.14. The zero-order chi connectivity index (χ0) is 19.6. The molecule has 0 atom stereocenters. The van der Waals surface area contributed by atoms with Crippen LogP contribution in [0.2, 0.25) is 0 Å². The van der Waals surface area contributed by atoms with Crippen LogP contribution in [0, 0.1) is 0 Å². The highest BCUT2D eigenvalue weighted by molar-refractivity contribution is 5.98. The van der Waals surface area contributed by atoms with Crippen molar-refractivity contribution in [2.75, 3.05) is 20.2 Å². The summed E-state index contributed by atoms with van der Waals surface area (Å²) in [5.74, 6) is 1.21. The number of hydrogen-bond acceptors (Lipinski definition) is 4. The van der Waals surface area contributed by atoms with Gasteiger partial charge in [0.15, 0.2) is 17.3 Å². The van der Waals surface area contributed by atoms with Crippen LogP contribution in [-0.4, -0.2) is 26.0 Å². The fraction of sp³-hybridized carbons (Fsp3) is 0.208. The van der Waals surface area contributed by atoms with E-state index in [1.54, 1.807) is 25.2 Å². The van der Waals surface area contributed by atoms with E-state index in [1.807, 2.05) is 42.5 Å². The summed E-state index contributed by atoms with van der Waals surface area (Å²) >= 11 is 0. The van der Waals surface area contributed by atoms with Crippen LogP contribution in [0.1, 0.15) is 22.3 Å². The molecule has 0 fully saturated rings. The molecule has 4 nitrogen and oxygen atoms in total. The summed E-state index contributed by atoms with van der Waals surface area (Å²) in [6, 6.07) is 15.3. The maximum absolute atomic E-state index is 12.2. The highest BCUT2D eigenvalue weighted by atomic mass is 16.5. The second-order valence-electron chi connectivity index (χ2n) is 6.49. The minimum Gasteiger partial charge on any atom is -0.485 e. The van der Waals surface area contributed by atoms with E-state index < -0.39 is 0 Å². The minimum absolute atomic E-state index is 0.0125. The van der Waals surface area contributed by atoms with Gasteiger partial charge in [0.25, 0.3) is 0 Å². The lowest BCUT2D eigenvalue weighted by molar-refractivity contribution is 0.0993. The molecular weight excluding hydrogens is 350 g/mol. The van der Waals surface area contributed by atoms with E-state index in [1.165, 1.54) is 0 Å². The molecule has 0 radical (unpaired) electrons. The zero-order valence-electron chi connectivity index (χ0n) is 16.1. The number of allylic oxidation sites excluding steroid dienone is 4. The van der Waals surface area contributed by atoms with Crippen molar-refractivity contribution in [3.8, 4) is 11.5 Å². The number of ketones is 1. The van der Waals surface area contributed by atoms with E-state index in [2.05, 4.69) is 23.5 Å². The van der Waals surface area contributed by atoms with Gasteiger partial charge >= 0.3 is 0 Å². The molecular formula is C24H25NO3. The molecule has 4 heteroatoms. The smallest absolute Gasteiger partial charge is 0.176 e. The van der Waals surface area contributed by atoms with Gasteiger partial charge < -0.3 is 14.8 Å². The first-order valence-corrected chi connectivity index (χ1v) is 9.40. The Morgan fingerprint density at radius 3 is 2.64 bits per heavy atom. The van der Waals surface area contributed by atoms with Crippen LogP contribution in [0.5, 0.6) is 11.5 Å². The first-order valence-electron chi connectivity index (χ1n) is 9.40. The van der Waals surface area contributed by atoms with E-state index in [9.17, 15) is 4.79 Å². The van der Waals surface area contributed by atoms with Gasteiger partial charge in [0, 0.05) is 5.56 Å². The lowest BCUT2D eigenvalue weighted by Crippen LogP contribution is -2.18. The van der Waals surface area contributed by atoms with Gasteiger partial charge in [0.1, 0.15) is 13.2 Å². The maximum atomic E-state index is 12.2. The molecule has 0 unspecified atom stereocenters. The van der Waals surface area contributed by atoms with Crippen molar-refractivity contribution in [2.24, 2.45) is 0 Å². The molecule has 0 saturated heterocycles. The highest BCUT2D eigenvalue weighted by Gasteiger charge is 2.12. The van der Waals surface area contributed by atoms with Crippen LogP contribution in [0.25, 0.3) is 0 Å². The predicted octanol–water partition coefficient (Wildman–Crippen LogP) is 4.49. The van der Waals surface area contributed by atoms with Gasteiger partial charge in [-0.15, -0.1) is 0 Å². The van der Waals surface area contributed by atoms with Gasteiger partial charge in [0.2, 0.25) is 0 Å². The number of nitrogens with one attached hydrogen (secondary N) is 1. The summed E-state index contributed by atoms with van der Waals surface area (Å²) in [5, 5.41) is 2.89. The Morgan fingerprint density at radius 1 is 1.00 bits per heavy atom. The summed E-state index contributed by atoms with van der Waals surface area (Å²) in [6.45, 7) is 1.13. The van der Waals surface area contributed by atoms with Gasteiger partial charge in [-0.1, -0.05) is 60.7 Å². The van der Waals surface area contributed by atoms with Crippen LogP contribution >= 0.6 is 0 Å². The monoisotopic (exact) mass is 375 g/mol. The van der Waals surface area contributed by atoms with Crippen molar-refractivity contribution < 1.29 is 14.3 Å². The summed E-state index contributed by atoms with van der Waals surface area (Å²) < 4.78 is 12.0.